The number of carbonyl (C=O) groups excluding carboxylic acids is 1. The van der Waals surface area contributed by atoms with Crippen LogP contribution in [0.2, 0.25) is 0 Å². The van der Waals surface area contributed by atoms with Crippen LogP contribution < -0.4 is 10.1 Å². The fourth-order valence-corrected chi connectivity index (χ4v) is 3.40. The largest absolute Gasteiger partial charge is 0.496 e. The van der Waals surface area contributed by atoms with Crippen LogP contribution in [0.1, 0.15) is 21.7 Å². The van der Waals surface area contributed by atoms with Crippen LogP contribution in [0.5, 0.6) is 5.75 Å². The Balaban J connectivity index is 1.60. The number of aromatic nitrogens is 3. The molecule has 0 unspecified atom stereocenters. The van der Waals surface area contributed by atoms with Gasteiger partial charge in [0.15, 0.2) is 5.82 Å². The van der Waals surface area contributed by atoms with Crippen molar-refractivity contribution in [2.45, 2.75) is 6.42 Å². The first kappa shape index (κ1) is 18.2. The molecule has 1 saturated heterocycles. The van der Waals surface area contributed by atoms with Crippen LogP contribution in [0.15, 0.2) is 30.5 Å². The predicted molar refractivity (Wildman–Crippen MR) is 106 cm³/mol. The number of benzene rings is 1. The van der Waals surface area contributed by atoms with Gasteiger partial charge in [-0.05, 0) is 18.2 Å². The highest BCUT2D eigenvalue weighted by Gasteiger charge is 2.20. The van der Waals surface area contributed by atoms with Crippen LogP contribution in [-0.4, -0.2) is 66.2 Å². The molecule has 2 N–H and O–H groups in total. The number of fused-ring (bicyclic) bond motifs is 1. The number of rotatable bonds is 5. The molecule has 0 spiro atoms. The van der Waals surface area contributed by atoms with Gasteiger partial charge in [-0.1, -0.05) is 6.07 Å². The Morgan fingerprint density at radius 2 is 2.11 bits per heavy atom. The van der Waals surface area contributed by atoms with Gasteiger partial charge in [-0.2, -0.15) is 0 Å². The van der Waals surface area contributed by atoms with Crippen LogP contribution >= 0.6 is 0 Å². The number of anilines is 1. The Morgan fingerprint density at radius 1 is 1.29 bits per heavy atom. The summed E-state index contributed by atoms with van der Waals surface area (Å²) in [4.78, 5) is 26.9. The van der Waals surface area contributed by atoms with Crippen molar-refractivity contribution in [1.82, 2.24) is 19.9 Å². The molecule has 8 heteroatoms. The Labute approximate surface area is 162 Å². The number of H-pyrrole nitrogens is 1. The summed E-state index contributed by atoms with van der Waals surface area (Å²) >= 11 is 0. The molecule has 1 aliphatic heterocycles. The van der Waals surface area contributed by atoms with Gasteiger partial charge in [0.1, 0.15) is 17.1 Å². The van der Waals surface area contributed by atoms with Gasteiger partial charge in [0.05, 0.1) is 25.8 Å². The summed E-state index contributed by atoms with van der Waals surface area (Å²) in [7, 11) is 3.44. The van der Waals surface area contributed by atoms with Gasteiger partial charge >= 0.3 is 0 Å². The Morgan fingerprint density at radius 3 is 2.86 bits per heavy atom. The number of aromatic amines is 1. The van der Waals surface area contributed by atoms with E-state index < -0.39 is 0 Å². The SMILES string of the molecule is CNc1nc(Cc2ccc(C(=O)N3CCOCC3)cc2OC)nc2cc[nH]c12. The van der Waals surface area contributed by atoms with Crippen LogP contribution in [0.25, 0.3) is 11.0 Å². The minimum absolute atomic E-state index is 0.00406. The molecule has 1 aliphatic rings. The lowest BCUT2D eigenvalue weighted by molar-refractivity contribution is 0.0302. The van der Waals surface area contributed by atoms with Gasteiger partial charge in [0.2, 0.25) is 0 Å². The molecule has 28 heavy (non-hydrogen) atoms. The third-order valence-electron chi connectivity index (χ3n) is 4.87. The summed E-state index contributed by atoms with van der Waals surface area (Å²) in [6.45, 7) is 2.38. The highest BCUT2D eigenvalue weighted by molar-refractivity contribution is 5.95. The molecule has 0 radical (unpaired) electrons. The molecule has 1 fully saturated rings. The van der Waals surface area contributed by atoms with Crippen molar-refractivity contribution in [3.63, 3.8) is 0 Å². The lowest BCUT2D eigenvalue weighted by Crippen LogP contribution is -2.40. The van der Waals surface area contributed by atoms with Gasteiger partial charge in [0.25, 0.3) is 5.91 Å². The lowest BCUT2D eigenvalue weighted by Gasteiger charge is -2.27. The fourth-order valence-electron chi connectivity index (χ4n) is 3.40. The van der Waals surface area contributed by atoms with Crippen molar-refractivity contribution in [2.24, 2.45) is 0 Å². The van der Waals surface area contributed by atoms with E-state index in [-0.39, 0.29) is 5.91 Å². The highest BCUT2D eigenvalue weighted by atomic mass is 16.5. The number of hydrogen-bond donors (Lipinski definition) is 2. The van der Waals surface area contributed by atoms with Crippen LogP contribution in [0.4, 0.5) is 5.82 Å². The average molecular weight is 381 g/mol. The number of ether oxygens (including phenoxy) is 2. The van der Waals surface area contributed by atoms with E-state index in [0.29, 0.717) is 49.9 Å². The first-order chi connectivity index (χ1) is 13.7. The normalized spacial score (nSPS) is 14.3. The van der Waals surface area contributed by atoms with Gasteiger partial charge in [0, 0.05) is 43.9 Å². The first-order valence-corrected chi connectivity index (χ1v) is 9.25. The predicted octanol–water partition coefficient (Wildman–Crippen LogP) is 2.07. The molecule has 0 saturated carbocycles. The molecule has 4 rings (SSSR count). The molecule has 0 aliphatic carbocycles. The molecule has 1 aromatic carbocycles. The molecule has 2 aromatic heterocycles. The molecule has 146 valence electrons. The van der Waals surface area contributed by atoms with E-state index in [9.17, 15) is 4.79 Å². The Kier molecular flexibility index (Phi) is 5.12. The molecule has 3 heterocycles. The first-order valence-electron chi connectivity index (χ1n) is 9.25. The topological polar surface area (TPSA) is 92.4 Å². The highest BCUT2D eigenvalue weighted by Crippen LogP contribution is 2.25. The van der Waals surface area contributed by atoms with Crippen LogP contribution in [0.3, 0.4) is 0 Å². The molecule has 0 atom stereocenters. The smallest absolute Gasteiger partial charge is 0.254 e. The van der Waals surface area contributed by atoms with Crippen LogP contribution in [0, 0.1) is 0 Å². The van der Waals surface area contributed by atoms with E-state index in [1.54, 1.807) is 18.1 Å². The minimum atomic E-state index is -0.00406. The summed E-state index contributed by atoms with van der Waals surface area (Å²) in [5.41, 5.74) is 3.27. The number of carbonyl (C=O) groups is 1. The molecular weight excluding hydrogens is 358 g/mol. The maximum Gasteiger partial charge on any atom is 0.254 e. The maximum atomic E-state index is 12.7. The van der Waals surface area contributed by atoms with Gasteiger partial charge in [-0.25, -0.2) is 9.97 Å². The van der Waals surface area contributed by atoms with Crippen molar-refractivity contribution < 1.29 is 14.3 Å². The summed E-state index contributed by atoms with van der Waals surface area (Å²) in [5, 5.41) is 3.10. The van der Waals surface area contributed by atoms with Crippen molar-refractivity contribution in [1.29, 1.82) is 0 Å². The van der Waals surface area contributed by atoms with Gasteiger partial charge in [-0.15, -0.1) is 0 Å². The number of hydrogen-bond acceptors (Lipinski definition) is 6. The molecule has 0 bridgehead atoms. The third kappa shape index (κ3) is 3.50. The molecule has 8 nitrogen and oxygen atoms in total. The number of nitrogens with zero attached hydrogens (tertiary/aromatic N) is 3. The monoisotopic (exact) mass is 381 g/mol. The van der Waals surface area contributed by atoms with Crippen LogP contribution in [-0.2, 0) is 11.2 Å². The van der Waals surface area contributed by atoms with E-state index in [1.807, 2.05) is 31.4 Å². The quantitative estimate of drug-likeness (QED) is 0.703. The second-order valence-corrected chi connectivity index (χ2v) is 6.58. The second kappa shape index (κ2) is 7.85. The third-order valence-corrected chi connectivity index (χ3v) is 4.87. The van der Waals surface area contributed by atoms with E-state index >= 15 is 0 Å². The fraction of sp³-hybridized carbons (Fsp3) is 0.350. The molecule has 3 aromatic rings. The van der Waals surface area contributed by atoms with Crippen molar-refractivity contribution in [3.05, 3.63) is 47.4 Å². The van der Waals surface area contributed by atoms with Crippen molar-refractivity contribution in [3.8, 4) is 5.75 Å². The molecule has 1 amide bonds. The average Bonchev–Trinajstić information content (AvgIpc) is 3.22. The molecular formula is C20H23N5O3. The van der Waals surface area contributed by atoms with E-state index in [0.717, 1.165) is 22.4 Å². The zero-order chi connectivity index (χ0) is 19.5. The van der Waals surface area contributed by atoms with Gasteiger partial charge in [-0.3, -0.25) is 4.79 Å². The zero-order valence-electron chi connectivity index (χ0n) is 16.0. The Bertz CT molecular complexity index is 995. The van der Waals surface area contributed by atoms with Gasteiger partial charge < -0.3 is 24.7 Å². The van der Waals surface area contributed by atoms with Crippen molar-refractivity contribution in [2.75, 3.05) is 45.8 Å². The summed E-state index contributed by atoms with van der Waals surface area (Å²) in [5.74, 6) is 2.09. The minimum Gasteiger partial charge on any atom is -0.496 e. The second-order valence-electron chi connectivity index (χ2n) is 6.58. The summed E-state index contributed by atoms with van der Waals surface area (Å²) < 4.78 is 10.9. The number of methoxy groups -OCH3 is 1. The number of morpholine rings is 1. The zero-order valence-corrected chi connectivity index (χ0v) is 16.0. The van der Waals surface area contributed by atoms with E-state index in [1.165, 1.54) is 0 Å². The van der Waals surface area contributed by atoms with Crippen molar-refractivity contribution >= 4 is 22.8 Å². The lowest BCUT2D eigenvalue weighted by atomic mass is 10.1. The number of nitrogens with one attached hydrogen (secondary N) is 2. The Hall–Kier alpha value is -3.13. The van der Waals surface area contributed by atoms with E-state index in [2.05, 4.69) is 20.3 Å². The standard InChI is InChI=1S/C20H23N5O3/c1-21-19-18-15(5-6-22-18)23-17(24-19)12-13-3-4-14(11-16(13)27-2)20(26)25-7-9-28-10-8-25/h3-6,11,22H,7-10,12H2,1-2H3,(H,21,23,24). The maximum absolute atomic E-state index is 12.7. The summed E-state index contributed by atoms with van der Waals surface area (Å²) in [6, 6.07) is 7.46. The summed E-state index contributed by atoms with van der Waals surface area (Å²) in [6.07, 6.45) is 2.35. The van der Waals surface area contributed by atoms with E-state index in [4.69, 9.17) is 9.47 Å². The number of amides is 1.